The highest BCUT2D eigenvalue weighted by Crippen LogP contribution is 2.38. The summed E-state index contributed by atoms with van der Waals surface area (Å²) in [6.07, 6.45) is 1.57. The minimum atomic E-state index is -1.01. The van der Waals surface area contributed by atoms with Crippen LogP contribution in [0.2, 0.25) is 0 Å². The third kappa shape index (κ3) is 5.36. The van der Waals surface area contributed by atoms with Crippen LogP contribution < -0.4 is 19.7 Å². The van der Waals surface area contributed by atoms with Gasteiger partial charge in [0.2, 0.25) is 0 Å². The molecule has 0 spiro atoms. The summed E-state index contributed by atoms with van der Waals surface area (Å²) in [5, 5.41) is 11.8. The van der Waals surface area contributed by atoms with Gasteiger partial charge in [0.25, 0.3) is 5.91 Å². The Morgan fingerprint density at radius 3 is 2.54 bits per heavy atom. The molecule has 1 saturated heterocycles. The first-order valence-corrected chi connectivity index (χ1v) is 11.5. The molecule has 3 aromatic rings. The van der Waals surface area contributed by atoms with Gasteiger partial charge in [0.05, 0.1) is 22.3 Å². The number of amides is 3. The number of benzene rings is 3. The highest BCUT2D eigenvalue weighted by molar-refractivity contribution is 9.10. The van der Waals surface area contributed by atoms with Gasteiger partial charge >= 0.3 is 12.0 Å². The Kier molecular flexibility index (Phi) is 7.17. The predicted molar refractivity (Wildman–Crippen MR) is 133 cm³/mol. The number of nitrogens with zero attached hydrogens (tertiary/aromatic N) is 1. The Morgan fingerprint density at radius 1 is 1.06 bits per heavy atom. The Balaban J connectivity index is 1.59. The van der Waals surface area contributed by atoms with Crippen molar-refractivity contribution in [1.82, 2.24) is 5.32 Å². The molecule has 0 aromatic heterocycles. The number of urea groups is 1. The SMILES string of the molecule is CCOc1cc(/C=C2/NC(=O)N(c3ccccc3)C2=O)cc(Br)c1OCc1cccc(C(=O)O)c1. The molecule has 0 aliphatic carbocycles. The third-order valence-electron chi connectivity index (χ3n) is 5.09. The van der Waals surface area contributed by atoms with Crippen molar-refractivity contribution in [1.29, 1.82) is 0 Å². The third-order valence-corrected chi connectivity index (χ3v) is 5.68. The molecule has 4 rings (SSSR count). The first-order valence-electron chi connectivity index (χ1n) is 10.7. The van der Waals surface area contributed by atoms with Crippen molar-refractivity contribution >= 4 is 45.6 Å². The molecule has 9 heteroatoms. The zero-order valence-corrected chi connectivity index (χ0v) is 20.2. The Hall–Kier alpha value is -4.11. The van der Waals surface area contributed by atoms with Gasteiger partial charge in [-0.05, 0) is 76.5 Å². The summed E-state index contributed by atoms with van der Waals surface area (Å²) in [6, 6.07) is 18.1. The van der Waals surface area contributed by atoms with Gasteiger partial charge in [-0.1, -0.05) is 30.3 Å². The summed E-state index contributed by atoms with van der Waals surface area (Å²) in [5.41, 5.74) is 2.08. The Morgan fingerprint density at radius 2 is 1.83 bits per heavy atom. The van der Waals surface area contributed by atoms with Crippen LogP contribution in [-0.4, -0.2) is 29.6 Å². The number of carbonyl (C=O) groups is 3. The lowest BCUT2D eigenvalue weighted by atomic mass is 10.1. The monoisotopic (exact) mass is 536 g/mol. The van der Waals surface area contributed by atoms with Crippen molar-refractivity contribution in [3.63, 3.8) is 0 Å². The lowest BCUT2D eigenvalue weighted by Crippen LogP contribution is -2.30. The van der Waals surface area contributed by atoms with Crippen LogP contribution in [-0.2, 0) is 11.4 Å². The maximum atomic E-state index is 12.9. The average molecular weight is 537 g/mol. The summed E-state index contributed by atoms with van der Waals surface area (Å²) >= 11 is 3.49. The summed E-state index contributed by atoms with van der Waals surface area (Å²) in [6.45, 7) is 2.33. The van der Waals surface area contributed by atoms with E-state index in [4.69, 9.17) is 9.47 Å². The van der Waals surface area contributed by atoms with E-state index < -0.39 is 17.9 Å². The number of nitrogens with one attached hydrogen (secondary N) is 1. The molecule has 178 valence electrons. The summed E-state index contributed by atoms with van der Waals surface area (Å²) in [4.78, 5) is 37.6. The van der Waals surface area contributed by atoms with Crippen LogP contribution in [0, 0.1) is 0 Å². The number of para-hydroxylation sites is 1. The molecule has 0 bridgehead atoms. The fourth-order valence-electron chi connectivity index (χ4n) is 3.54. The van der Waals surface area contributed by atoms with E-state index in [2.05, 4.69) is 21.2 Å². The number of carbonyl (C=O) groups excluding carboxylic acids is 2. The fraction of sp³-hybridized carbons (Fsp3) is 0.115. The van der Waals surface area contributed by atoms with E-state index in [1.54, 1.807) is 66.7 Å². The minimum Gasteiger partial charge on any atom is -0.490 e. The number of imide groups is 1. The largest absolute Gasteiger partial charge is 0.490 e. The van der Waals surface area contributed by atoms with E-state index in [0.717, 1.165) is 4.90 Å². The normalized spacial score (nSPS) is 14.2. The second-order valence-electron chi connectivity index (χ2n) is 7.52. The molecular weight excluding hydrogens is 516 g/mol. The van der Waals surface area contributed by atoms with Gasteiger partial charge in [-0.2, -0.15) is 0 Å². The first-order chi connectivity index (χ1) is 16.9. The quantitative estimate of drug-likeness (QED) is 0.302. The summed E-state index contributed by atoms with van der Waals surface area (Å²) in [7, 11) is 0. The van der Waals surface area contributed by atoms with Crippen molar-refractivity contribution in [2.75, 3.05) is 11.5 Å². The topological polar surface area (TPSA) is 105 Å². The molecule has 0 atom stereocenters. The highest BCUT2D eigenvalue weighted by atomic mass is 79.9. The number of hydrogen-bond donors (Lipinski definition) is 2. The summed E-state index contributed by atoms with van der Waals surface area (Å²) < 4.78 is 12.3. The second kappa shape index (κ2) is 10.4. The number of rotatable bonds is 8. The van der Waals surface area contributed by atoms with Crippen LogP contribution in [0.15, 0.2) is 76.9 Å². The fourth-order valence-corrected chi connectivity index (χ4v) is 4.11. The second-order valence-corrected chi connectivity index (χ2v) is 8.38. The number of halogens is 1. The molecule has 1 fully saturated rings. The van der Waals surface area contributed by atoms with Crippen molar-refractivity contribution in [2.45, 2.75) is 13.5 Å². The molecule has 3 amide bonds. The lowest BCUT2D eigenvalue weighted by molar-refractivity contribution is -0.113. The first kappa shape index (κ1) is 24.0. The average Bonchev–Trinajstić information content (AvgIpc) is 3.12. The molecular formula is C26H21BrN2O6. The molecule has 0 radical (unpaired) electrons. The van der Waals surface area contributed by atoms with Gasteiger partial charge in [0.1, 0.15) is 12.3 Å². The van der Waals surface area contributed by atoms with Gasteiger partial charge in [-0.15, -0.1) is 0 Å². The molecule has 1 aliphatic rings. The maximum absolute atomic E-state index is 12.9. The van der Waals surface area contributed by atoms with E-state index >= 15 is 0 Å². The molecule has 35 heavy (non-hydrogen) atoms. The molecule has 2 N–H and O–H groups in total. The molecule has 3 aromatic carbocycles. The zero-order valence-electron chi connectivity index (χ0n) is 18.7. The predicted octanol–water partition coefficient (Wildman–Crippen LogP) is 5.22. The van der Waals surface area contributed by atoms with E-state index in [1.165, 1.54) is 6.07 Å². The Bertz CT molecular complexity index is 1320. The van der Waals surface area contributed by atoms with Gasteiger partial charge in [0.15, 0.2) is 11.5 Å². The van der Waals surface area contributed by atoms with Crippen LogP contribution in [0.25, 0.3) is 6.08 Å². The van der Waals surface area contributed by atoms with Gasteiger partial charge in [-0.3, -0.25) is 4.79 Å². The van der Waals surface area contributed by atoms with E-state index in [-0.39, 0.29) is 17.9 Å². The standard InChI is InChI=1S/C26H21BrN2O6/c1-2-34-22-14-17(13-21-24(30)29(26(33)28-21)19-9-4-3-5-10-19)12-20(27)23(22)35-15-16-7-6-8-18(11-16)25(31)32/h3-14H,2,15H2,1H3,(H,28,33)(H,31,32)/b21-13+. The van der Waals surface area contributed by atoms with Crippen LogP contribution in [0.3, 0.4) is 0 Å². The Labute approximate surface area is 209 Å². The zero-order chi connectivity index (χ0) is 24.9. The maximum Gasteiger partial charge on any atom is 0.335 e. The molecule has 1 aliphatic heterocycles. The number of anilines is 1. The van der Waals surface area contributed by atoms with E-state index in [9.17, 15) is 19.5 Å². The van der Waals surface area contributed by atoms with Crippen molar-refractivity contribution in [3.8, 4) is 11.5 Å². The lowest BCUT2D eigenvalue weighted by Gasteiger charge is -2.15. The number of carboxylic acids is 1. The van der Waals surface area contributed by atoms with Crippen LogP contribution in [0.4, 0.5) is 10.5 Å². The van der Waals surface area contributed by atoms with Gasteiger partial charge in [-0.25, -0.2) is 14.5 Å². The number of hydrogen-bond acceptors (Lipinski definition) is 5. The highest BCUT2D eigenvalue weighted by Gasteiger charge is 2.34. The number of aromatic carboxylic acids is 1. The van der Waals surface area contributed by atoms with Gasteiger partial charge < -0.3 is 19.9 Å². The molecule has 8 nitrogen and oxygen atoms in total. The number of ether oxygens (including phenoxy) is 2. The van der Waals surface area contributed by atoms with E-state index in [0.29, 0.717) is 39.4 Å². The van der Waals surface area contributed by atoms with Crippen molar-refractivity contribution in [2.24, 2.45) is 0 Å². The van der Waals surface area contributed by atoms with Crippen molar-refractivity contribution in [3.05, 3.63) is 93.6 Å². The molecule has 1 heterocycles. The van der Waals surface area contributed by atoms with Crippen LogP contribution in [0.1, 0.15) is 28.4 Å². The van der Waals surface area contributed by atoms with Crippen LogP contribution >= 0.6 is 15.9 Å². The summed E-state index contributed by atoms with van der Waals surface area (Å²) in [5.74, 6) is -0.615. The molecule has 0 saturated carbocycles. The molecule has 0 unspecified atom stereocenters. The number of carboxylic acid groups (broad SMARTS) is 1. The van der Waals surface area contributed by atoms with Gasteiger partial charge in [0, 0.05) is 0 Å². The van der Waals surface area contributed by atoms with Crippen LogP contribution in [0.5, 0.6) is 11.5 Å². The van der Waals surface area contributed by atoms with Crippen molar-refractivity contribution < 1.29 is 29.0 Å². The van der Waals surface area contributed by atoms with E-state index in [1.807, 2.05) is 6.92 Å². The minimum absolute atomic E-state index is 0.126. The smallest absolute Gasteiger partial charge is 0.335 e.